The van der Waals surface area contributed by atoms with Gasteiger partial charge in [0.15, 0.2) is 0 Å². The Hall–Kier alpha value is -2.43. The summed E-state index contributed by atoms with van der Waals surface area (Å²) in [6.07, 6.45) is 3.85. The number of benzene rings is 1. The molecule has 0 unspecified atom stereocenters. The number of nitrogens with one attached hydrogen (secondary N) is 1. The molecule has 5 heteroatoms. The molecule has 3 heterocycles. The van der Waals surface area contributed by atoms with Gasteiger partial charge in [0.2, 0.25) is 0 Å². The molecule has 3 aromatic rings. The lowest BCUT2D eigenvalue weighted by Gasteiger charge is -2.31. The molecule has 118 valence electrons. The van der Waals surface area contributed by atoms with Crippen molar-refractivity contribution in [2.75, 3.05) is 18.0 Å². The molecule has 1 saturated heterocycles. The maximum absolute atomic E-state index is 4.79. The van der Waals surface area contributed by atoms with E-state index in [0.29, 0.717) is 5.92 Å². The second-order valence-electron chi connectivity index (χ2n) is 6.42. The molecule has 0 radical (unpaired) electrons. The molecule has 0 aliphatic carbocycles. The Bertz CT molecular complexity index is 830. The minimum atomic E-state index is 0.502. The summed E-state index contributed by atoms with van der Waals surface area (Å²) in [5, 5.41) is 0. The van der Waals surface area contributed by atoms with E-state index < -0.39 is 0 Å². The number of aromatic amines is 1. The van der Waals surface area contributed by atoms with E-state index in [1.165, 1.54) is 5.56 Å². The van der Waals surface area contributed by atoms with Crippen LogP contribution in [0.4, 0.5) is 5.82 Å². The van der Waals surface area contributed by atoms with E-state index in [4.69, 9.17) is 4.98 Å². The Morgan fingerprint density at radius 2 is 1.91 bits per heavy atom. The van der Waals surface area contributed by atoms with Gasteiger partial charge < -0.3 is 9.88 Å². The number of imidazole rings is 1. The Morgan fingerprint density at radius 1 is 1.09 bits per heavy atom. The highest BCUT2D eigenvalue weighted by Crippen LogP contribution is 2.29. The van der Waals surface area contributed by atoms with Crippen LogP contribution in [0.25, 0.3) is 11.0 Å². The van der Waals surface area contributed by atoms with E-state index in [-0.39, 0.29) is 0 Å². The predicted molar refractivity (Wildman–Crippen MR) is 91.8 cm³/mol. The second kappa shape index (κ2) is 5.65. The number of aryl methyl sites for hydroxylation is 2. The molecule has 1 aliphatic rings. The van der Waals surface area contributed by atoms with Gasteiger partial charge in [-0.1, -0.05) is 6.07 Å². The van der Waals surface area contributed by atoms with Gasteiger partial charge in [0.1, 0.15) is 18.0 Å². The van der Waals surface area contributed by atoms with Crippen LogP contribution < -0.4 is 4.90 Å². The molecule has 1 aromatic carbocycles. The third-order valence-electron chi connectivity index (χ3n) is 4.65. The highest BCUT2D eigenvalue weighted by molar-refractivity contribution is 5.75. The smallest absolute Gasteiger partial charge is 0.132 e. The third-order valence-corrected chi connectivity index (χ3v) is 4.65. The van der Waals surface area contributed by atoms with Crippen molar-refractivity contribution in [3.63, 3.8) is 0 Å². The standard InChI is InChI=1S/C18H21N5/c1-12-3-4-15-16(9-12)22-18(21-15)14-5-7-23(8-6-14)17-10-13(2)19-11-20-17/h3-4,9-11,14H,5-8H2,1-2H3,(H,21,22). The highest BCUT2D eigenvalue weighted by atomic mass is 15.2. The number of hydrogen-bond acceptors (Lipinski definition) is 4. The molecule has 0 atom stereocenters. The third kappa shape index (κ3) is 2.79. The van der Waals surface area contributed by atoms with Crippen LogP contribution in [0.1, 0.15) is 35.8 Å². The number of rotatable bonds is 2. The first kappa shape index (κ1) is 14.2. The molecule has 5 nitrogen and oxygen atoms in total. The SMILES string of the molecule is Cc1ccc2nc(C3CCN(c4cc(C)ncn4)CC3)[nH]c2c1. The van der Waals surface area contributed by atoms with Crippen molar-refractivity contribution in [1.29, 1.82) is 0 Å². The molecule has 4 rings (SSSR count). The molecule has 0 spiro atoms. The molecule has 1 fully saturated rings. The van der Waals surface area contributed by atoms with Crippen molar-refractivity contribution in [2.45, 2.75) is 32.6 Å². The zero-order valence-corrected chi connectivity index (χ0v) is 13.6. The predicted octanol–water partition coefficient (Wildman–Crippen LogP) is 3.35. The fraction of sp³-hybridized carbons (Fsp3) is 0.389. The lowest BCUT2D eigenvalue weighted by molar-refractivity contribution is 0.487. The maximum Gasteiger partial charge on any atom is 0.132 e. The Morgan fingerprint density at radius 3 is 2.70 bits per heavy atom. The largest absolute Gasteiger partial charge is 0.356 e. The molecule has 23 heavy (non-hydrogen) atoms. The molecule has 0 amide bonds. The van der Waals surface area contributed by atoms with Gasteiger partial charge in [-0.2, -0.15) is 0 Å². The van der Waals surface area contributed by atoms with E-state index in [0.717, 1.165) is 54.3 Å². The molecular weight excluding hydrogens is 286 g/mol. The van der Waals surface area contributed by atoms with Gasteiger partial charge in [0.25, 0.3) is 0 Å². The maximum atomic E-state index is 4.79. The summed E-state index contributed by atoms with van der Waals surface area (Å²) in [4.78, 5) is 19.2. The molecule has 1 aliphatic heterocycles. The van der Waals surface area contributed by atoms with Crippen molar-refractivity contribution in [3.05, 3.63) is 47.7 Å². The van der Waals surface area contributed by atoms with E-state index in [2.05, 4.69) is 51.0 Å². The average Bonchev–Trinajstić information content (AvgIpc) is 2.98. The van der Waals surface area contributed by atoms with Gasteiger partial charge in [0, 0.05) is 30.8 Å². The Balaban J connectivity index is 1.50. The summed E-state index contributed by atoms with van der Waals surface area (Å²) in [5.74, 6) is 2.67. The average molecular weight is 307 g/mol. The zero-order chi connectivity index (χ0) is 15.8. The summed E-state index contributed by atoms with van der Waals surface area (Å²) in [7, 11) is 0. The Kier molecular flexibility index (Phi) is 3.48. The van der Waals surface area contributed by atoms with Gasteiger partial charge in [-0.05, 0) is 44.4 Å². The number of hydrogen-bond donors (Lipinski definition) is 1. The van der Waals surface area contributed by atoms with Crippen molar-refractivity contribution < 1.29 is 0 Å². The first-order chi connectivity index (χ1) is 11.2. The van der Waals surface area contributed by atoms with Crippen LogP contribution in [0.15, 0.2) is 30.6 Å². The van der Waals surface area contributed by atoms with Gasteiger partial charge in [-0.3, -0.25) is 0 Å². The number of piperidine rings is 1. The number of H-pyrrole nitrogens is 1. The molecule has 1 N–H and O–H groups in total. The topological polar surface area (TPSA) is 57.7 Å². The number of nitrogens with zero attached hydrogens (tertiary/aromatic N) is 4. The quantitative estimate of drug-likeness (QED) is 0.789. The van der Waals surface area contributed by atoms with E-state index in [9.17, 15) is 0 Å². The normalized spacial score (nSPS) is 16.2. The van der Waals surface area contributed by atoms with Crippen LogP contribution in [0.2, 0.25) is 0 Å². The van der Waals surface area contributed by atoms with Gasteiger partial charge >= 0.3 is 0 Å². The van der Waals surface area contributed by atoms with Crippen molar-refractivity contribution in [1.82, 2.24) is 19.9 Å². The zero-order valence-electron chi connectivity index (χ0n) is 13.6. The summed E-state index contributed by atoms with van der Waals surface area (Å²) >= 11 is 0. The fourth-order valence-corrected chi connectivity index (χ4v) is 3.33. The summed E-state index contributed by atoms with van der Waals surface area (Å²) in [6, 6.07) is 8.45. The van der Waals surface area contributed by atoms with E-state index >= 15 is 0 Å². The molecule has 0 saturated carbocycles. The second-order valence-corrected chi connectivity index (χ2v) is 6.42. The summed E-state index contributed by atoms with van der Waals surface area (Å²) in [6.45, 7) is 6.14. The van der Waals surface area contributed by atoms with Crippen LogP contribution in [0.5, 0.6) is 0 Å². The van der Waals surface area contributed by atoms with Crippen LogP contribution in [0, 0.1) is 13.8 Å². The van der Waals surface area contributed by atoms with Gasteiger partial charge in [0.05, 0.1) is 11.0 Å². The first-order valence-electron chi connectivity index (χ1n) is 8.19. The van der Waals surface area contributed by atoms with E-state index in [1.807, 2.05) is 6.92 Å². The van der Waals surface area contributed by atoms with Crippen molar-refractivity contribution in [2.24, 2.45) is 0 Å². The lowest BCUT2D eigenvalue weighted by Crippen LogP contribution is -2.33. The van der Waals surface area contributed by atoms with Crippen LogP contribution >= 0.6 is 0 Å². The minimum absolute atomic E-state index is 0.502. The van der Waals surface area contributed by atoms with Gasteiger partial charge in [-0.25, -0.2) is 15.0 Å². The van der Waals surface area contributed by atoms with Crippen LogP contribution in [-0.4, -0.2) is 33.0 Å². The van der Waals surface area contributed by atoms with Crippen molar-refractivity contribution in [3.8, 4) is 0 Å². The molecule has 2 aromatic heterocycles. The van der Waals surface area contributed by atoms with Crippen LogP contribution in [-0.2, 0) is 0 Å². The monoisotopic (exact) mass is 307 g/mol. The fourth-order valence-electron chi connectivity index (χ4n) is 3.33. The first-order valence-corrected chi connectivity index (χ1v) is 8.19. The van der Waals surface area contributed by atoms with Gasteiger partial charge in [-0.15, -0.1) is 0 Å². The Labute approximate surface area is 135 Å². The summed E-state index contributed by atoms with van der Waals surface area (Å²) < 4.78 is 0. The van der Waals surface area contributed by atoms with Crippen molar-refractivity contribution >= 4 is 16.9 Å². The van der Waals surface area contributed by atoms with Crippen LogP contribution in [0.3, 0.4) is 0 Å². The highest BCUT2D eigenvalue weighted by Gasteiger charge is 2.23. The molecular formula is C18H21N5. The number of fused-ring (bicyclic) bond motifs is 1. The minimum Gasteiger partial charge on any atom is -0.356 e. The van der Waals surface area contributed by atoms with E-state index in [1.54, 1.807) is 6.33 Å². The summed E-state index contributed by atoms with van der Waals surface area (Å²) in [5.41, 5.74) is 4.50. The lowest BCUT2D eigenvalue weighted by atomic mass is 9.96. The number of aromatic nitrogens is 4. The number of anilines is 1. The molecule has 0 bridgehead atoms.